The second-order valence-corrected chi connectivity index (χ2v) is 5.02. The number of anilines is 1. The van der Waals surface area contributed by atoms with Crippen molar-refractivity contribution < 1.29 is 8.68 Å². The first-order valence-corrected chi connectivity index (χ1v) is 9.11. The zero-order valence-electron chi connectivity index (χ0n) is 16.4. The molecule has 0 fully saturated rings. The number of amides is 1. The molecular formula is C17H26FN7OS. The molecule has 0 spiro atoms. The van der Waals surface area contributed by atoms with Crippen molar-refractivity contribution in [2.45, 2.75) is 41.5 Å². The molecule has 0 aliphatic rings. The minimum absolute atomic E-state index is 0.0714. The van der Waals surface area contributed by atoms with Crippen molar-refractivity contribution in [2.24, 2.45) is 10.7 Å². The Hall–Kier alpha value is -2.75. The van der Waals surface area contributed by atoms with Crippen molar-refractivity contribution in [3.8, 4) is 0 Å². The molecule has 2 aromatic heterocycles. The summed E-state index contributed by atoms with van der Waals surface area (Å²) in [6, 6.07) is 1.62. The summed E-state index contributed by atoms with van der Waals surface area (Å²) >= 11 is -0.0714. The van der Waals surface area contributed by atoms with Crippen LogP contribution in [-0.2, 0) is 4.79 Å². The Balaban J connectivity index is 0.00000158. The molecule has 0 atom stereocenters. The van der Waals surface area contributed by atoms with E-state index in [1.54, 1.807) is 19.2 Å². The number of aromatic nitrogens is 4. The molecular weight excluding hydrogens is 369 g/mol. The van der Waals surface area contributed by atoms with Gasteiger partial charge >= 0.3 is 0 Å². The Bertz CT molecular complexity index is 770. The summed E-state index contributed by atoms with van der Waals surface area (Å²) in [5.41, 5.74) is 8.15. The largest absolute Gasteiger partial charge is 0.402 e. The first kappa shape index (κ1) is 24.2. The number of nitrogens with two attached hydrogens (primary N) is 1. The van der Waals surface area contributed by atoms with Crippen LogP contribution in [0.1, 0.15) is 46.0 Å². The Labute approximate surface area is 163 Å². The molecule has 0 aliphatic carbocycles. The van der Waals surface area contributed by atoms with Crippen LogP contribution < -0.4 is 11.1 Å². The number of pyridine rings is 1. The third-order valence-electron chi connectivity index (χ3n) is 2.82. The number of aryl methyl sites for hydroxylation is 1. The van der Waals surface area contributed by atoms with Crippen molar-refractivity contribution in [3.63, 3.8) is 0 Å². The number of carbonyl (C=O) groups excluding carboxylic acids is 1. The monoisotopic (exact) mass is 395 g/mol. The van der Waals surface area contributed by atoms with Gasteiger partial charge in [0.25, 0.3) is 0 Å². The van der Waals surface area contributed by atoms with E-state index in [0.29, 0.717) is 29.2 Å². The molecule has 10 heteroatoms. The standard InChI is InChI=1S/C13H14FN7OS.2C2H6/c1-8-4-17-12(19-7-22)3-11(8)16-5-10(9(2)15)13-18-6-21(20-13)23-14;2*1-2/h3-7H,15H2,1-2H3,(H,17,19,22);2*1-2H3/b10-9+,16-5?;;. The summed E-state index contributed by atoms with van der Waals surface area (Å²) < 4.78 is 13.4. The number of hydrogen-bond donors (Lipinski definition) is 2. The minimum Gasteiger partial charge on any atom is -0.402 e. The number of rotatable bonds is 6. The quantitative estimate of drug-likeness (QED) is 0.563. The molecule has 0 aromatic carbocycles. The van der Waals surface area contributed by atoms with Gasteiger partial charge in [-0.2, -0.15) is 4.09 Å². The van der Waals surface area contributed by atoms with Crippen LogP contribution >= 0.6 is 12.3 Å². The zero-order valence-corrected chi connectivity index (χ0v) is 17.2. The summed E-state index contributed by atoms with van der Waals surface area (Å²) in [7, 11) is 0. The SMILES string of the molecule is C/C(N)=C(/C=Nc1cc(NC=O)ncc1C)c1ncn(SF)n1.CC.CC. The summed E-state index contributed by atoms with van der Waals surface area (Å²) in [6.07, 6.45) is 4.85. The maximum Gasteiger partial charge on any atom is 0.212 e. The van der Waals surface area contributed by atoms with Gasteiger partial charge in [-0.3, -0.25) is 9.79 Å². The third kappa shape index (κ3) is 7.57. The summed E-state index contributed by atoms with van der Waals surface area (Å²) in [4.78, 5) is 22.8. The zero-order chi connectivity index (χ0) is 20.8. The van der Waals surface area contributed by atoms with Gasteiger partial charge in [-0.1, -0.05) is 27.7 Å². The fourth-order valence-electron chi connectivity index (χ4n) is 1.67. The van der Waals surface area contributed by atoms with E-state index in [1.807, 2.05) is 34.6 Å². The number of nitrogens with one attached hydrogen (secondary N) is 1. The van der Waals surface area contributed by atoms with E-state index in [1.165, 1.54) is 12.5 Å². The van der Waals surface area contributed by atoms with Crippen molar-refractivity contribution in [3.05, 3.63) is 35.7 Å². The van der Waals surface area contributed by atoms with E-state index in [2.05, 4.69) is 25.4 Å². The number of carbonyl (C=O) groups is 1. The van der Waals surface area contributed by atoms with E-state index < -0.39 is 0 Å². The number of allylic oxidation sites excluding steroid dienone is 2. The fourth-order valence-corrected chi connectivity index (χ4v) is 1.86. The lowest BCUT2D eigenvalue weighted by Crippen LogP contribution is -2.01. The molecule has 0 aliphatic heterocycles. The molecule has 0 radical (unpaired) electrons. The van der Waals surface area contributed by atoms with Crippen LogP contribution in [0.15, 0.2) is 29.3 Å². The predicted octanol–water partition coefficient (Wildman–Crippen LogP) is 4.08. The Kier molecular flexibility index (Phi) is 12.1. The normalized spacial score (nSPS) is 10.9. The Morgan fingerprint density at radius 1 is 1.33 bits per heavy atom. The highest BCUT2D eigenvalue weighted by Gasteiger charge is 2.09. The topological polar surface area (TPSA) is 111 Å². The average Bonchev–Trinajstić information content (AvgIpc) is 3.16. The van der Waals surface area contributed by atoms with Gasteiger partial charge < -0.3 is 11.1 Å². The third-order valence-corrected chi connectivity index (χ3v) is 3.14. The minimum atomic E-state index is -0.0714. The van der Waals surface area contributed by atoms with Crippen LogP contribution in [0, 0.1) is 6.92 Å². The summed E-state index contributed by atoms with van der Waals surface area (Å²) in [6.45, 7) is 11.5. The number of halogens is 1. The van der Waals surface area contributed by atoms with Crippen LogP contribution in [0.25, 0.3) is 5.57 Å². The lowest BCUT2D eigenvalue weighted by molar-refractivity contribution is -0.105. The van der Waals surface area contributed by atoms with E-state index in [0.717, 1.165) is 9.65 Å². The van der Waals surface area contributed by atoms with E-state index in [9.17, 15) is 8.68 Å². The van der Waals surface area contributed by atoms with Crippen LogP contribution in [0.3, 0.4) is 0 Å². The first-order chi connectivity index (χ1) is 13.0. The van der Waals surface area contributed by atoms with Gasteiger partial charge in [0.2, 0.25) is 6.41 Å². The van der Waals surface area contributed by atoms with Crippen molar-refractivity contribution in [2.75, 3.05) is 5.32 Å². The highest BCUT2D eigenvalue weighted by atomic mass is 32.2. The van der Waals surface area contributed by atoms with Gasteiger partial charge in [-0.05, 0) is 19.4 Å². The average molecular weight is 396 g/mol. The highest BCUT2D eigenvalue weighted by Crippen LogP contribution is 2.22. The van der Waals surface area contributed by atoms with Gasteiger partial charge in [0, 0.05) is 24.2 Å². The summed E-state index contributed by atoms with van der Waals surface area (Å²) in [5, 5.41) is 6.38. The highest BCUT2D eigenvalue weighted by molar-refractivity contribution is 7.92. The van der Waals surface area contributed by atoms with Crippen molar-refractivity contribution >= 4 is 42.0 Å². The molecule has 8 nitrogen and oxygen atoms in total. The lowest BCUT2D eigenvalue weighted by atomic mass is 10.2. The van der Waals surface area contributed by atoms with Gasteiger partial charge in [0.05, 0.1) is 11.3 Å². The second kappa shape index (κ2) is 13.5. The molecule has 27 heavy (non-hydrogen) atoms. The van der Waals surface area contributed by atoms with Crippen LogP contribution in [0.2, 0.25) is 0 Å². The van der Waals surface area contributed by atoms with E-state index >= 15 is 0 Å². The number of nitrogens with zero attached hydrogens (tertiary/aromatic N) is 5. The predicted molar refractivity (Wildman–Crippen MR) is 110 cm³/mol. The van der Waals surface area contributed by atoms with E-state index in [-0.39, 0.29) is 18.2 Å². The first-order valence-electron chi connectivity index (χ1n) is 8.43. The van der Waals surface area contributed by atoms with Crippen molar-refractivity contribution in [1.82, 2.24) is 19.2 Å². The van der Waals surface area contributed by atoms with Gasteiger partial charge in [0.15, 0.2) is 18.2 Å². The molecule has 0 saturated heterocycles. The molecule has 2 rings (SSSR count). The lowest BCUT2D eigenvalue weighted by Gasteiger charge is -2.04. The van der Waals surface area contributed by atoms with Crippen LogP contribution in [-0.4, -0.2) is 31.8 Å². The number of aliphatic imine (C=N–C) groups is 1. The molecule has 2 aromatic rings. The maximum absolute atomic E-state index is 12.5. The molecule has 0 saturated carbocycles. The molecule has 2 heterocycles. The van der Waals surface area contributed by atoms with Crippen molar-refractivity contribution in [1.29, 1.82) is 0 Å². The molecule has 1 amide bonds. The van der Waals surface area contributed by atoms with Gasteiger partial charge in [-0.15, -0.1) is 8.98 Å². The van der Waals surface area contributed by atoms with Gasteiger partial charge in [0.1, 0.15) is 12.1 Å². The Morgan fingerprint density at radius 2 is 2.00 bits per heavy atom. The van der Waals surface area contributed by atoms with Crippen LogP contribution in [0.5, 0.6) is 0 Å². The molecule has 0 unspecified atom stereocenters. The maximum atomic E-state index is 12.5. The smallest absolute Gasteiger partial charge is 0.212 e. The molecule has 148 valence electrons. The molecule has 3 N–H and O–H groups in total. The van der Waals surface area contributed by atoms with Crippen LogP contribution in [0.4, 0.5) is 15.4 Å². The fraction of sp³-hybridized carbons (Fsp3) is 0.353. The van der Waals surface area contributed by atoms with E-state index in [4.69, 9.17) is 5.73 Å². The Morgan fingerprint density at radius 3 is 2.52 bits per heavy atom. The summed E-state index contributed by atoms with van der Waals surface area (Å²) in [5.74, 6) is 0.640. The second-order valence-electron chi connectivity index (χ2n) is 4.51. The molecule has 0 bridgehead atoms. The van der Waals surface area contributed by atoms with Gasteiger partial charge in [-0.25, -0.2) is 9.97 Å². The number of hydrogen-bond acceptors (Lipinski definition) is 7.